The number of carbonyl (C=O) groups is 1. The summed E-state index contributed by atoms with van der Waals surface area (Å²) in [5.74, 6) is 0.890. The van der Waals surface area contributed by atoms with E-state index in [4.69, 9.17) is 9.47 Å². The Hall–Kier alpha value is -2.11. The van der Waals surface area contributed by atoms with Crippen molar-refractivity contribution in [1.82, 2.24) is 15.3 Å². The third kappa shape index (κ3) is 3.23. The van der Waals surface area contributed by atoms with Crippen molar-refractivity contribution in [2.75, 3.05) is 14.2 Å². The minimum absolute atomic E-state index is 0.193. The fourth-order valence-electron chi connectivity index (χ4n) is 0.976. The Kier molecular flexibility index (Phi) is 4.26. The Morgan fingerprint density at radius 1 is 1.44 bits per heavy atom. The van der Waals surface area contributed by atoms with Gasteiger partial charge in [0.05, 0.1) is 26.8 Å². The van der Waals surface area contributed by atoms with E-state index in [-0.39, 0.29) is 12.5 Å². The van der Waals surface area contributed by atoms with Crippen LogP contribution in [0.4, 0.5) is 0 Å². The predicted molar refractivity (Wildman–Crippen MR) is 57.2 cm³/mol. The van der Waals surface area contributed by atoms with Crippen molar-refractivity contribution in [3.63, 3.8) is 0 Å². The first kappa shape index (κ1) is 12.0. The topological polar surface area (TPSA) is 73.3 Å². The molecule has 0 bridgehead atoms. The van der Waals surface area contributed by atoms with Gasteiger partial charge >= 0.3 is 0 Å². The van der Waals surface area contributed by atoms with Crippen LogP contribution in [0, 0.1) is 0 Å². The van der Waals surface area contributed by atoms with Gasteiger partial charge in [-0.25, -0.2) is 0 Å². The van der Waals surface area contributed by atoms with Gasteiger partial charge in [0, 0.05) is 0 Å². The van der Waals surface area contributed by atoms with Crippen LogP contribution >= 0.6 is 0 Å². The average molecular weight is 223 g/mol. The van der Waals surface area contributed by atoms with Crippen molar-refractivity contribution in [2.45, 2.75) is 6.54 Å². The summed E-state index contributed by atoms with van der Waals surface area (Å²) < 4.78 is 9.93. The molecule has 1 heterocycles. The lowest BCUT2D eigenvalue weighted by Gasteiger charge is -2.06. The highest BCUT2D eigenvalue weighted by Crippen LogP contribution is 2.14. The molecule has 0 unspecified atom stereocenters. The second-order valence-electron chi connectivity index (χ2n) is 2.79. The zero-order valence-corrected chi connectivity index (χ0v) is 9.19. The number of methoxy groups -OCH3 is 2. The van der Waals surface area contributed by atoms with Gasteiger partial charge in [-0.1, -0.05) is 6.58 Å². The van der Waals surface area contributed by atoms with Gasteiger partial charge in [0.2, 0.25) is 17.7 Å². The van der Waals surface area contributed by atoms with Crippen LogP contribution in [0.5, 0.6) is 11.8 Å². The smallest absolute Gasteiger partial charge is 0.243 e. The molecular weight excluding hydrogens is 210 g/mol. The monoisotopic (exact) mass is 223 g/mol. The summed E-state index contributed by atoms with van der Waals surface area (Å²) in [5.41, 5.74) is 0. The van der Waals surface area contributed by atoms with E-state index in [1.807, 2.05) is 0 Å². The van der Waals surface area contributed by atoms with Gasteiger partial charge in [-0.15, -0.1) is 0 Å². The van der Waals surface area contributed by atoms with Crippen LogP contribution < -0.4 is 14.8 Å². The molecule has 1 rings (SSSR count). The maximum Gasteiger partial charge on any atom is 0.243 e. The molecule has 16 heavy (non-hydrogen) atoms. The molecule has 0 aromatic carbocycles. The van der Waals surface area contributed by atoms with E-state index in [1.54, 1.807) is 6.07 Å². The van der Waals surface area contributed by atoms with Gasteiger partial charge in [0.1, 0.15) is 0 Å². The number of carbonyl (C=O) groups excluding carboxylic acids is 1. The number of hydrogen-bond acceptors (Lipinski definition) is 5. The molecule has 1 N–H and O–H groups in total. The van der Waals surface area contributed by atoms with Gasteiger partial charge in [-0.2, -0.15) is 9.97 Å². The Morgan fingerprint density at radius 2 is 2.00 bits per heavy atom. The Morgan fingerprint density at radius 3 is 2.44 bits per heavy atom. The van der Waals surface area contributed by atoms with Crippen molar-refractivity contribution in [1.29, 1.82) is 0 Å². The normalized spacial score (nSPS) is 9.38. The van der Waals surface area contributed by atoms with E-state index in [1.165, 1.54) is 20.3 Å². The van der Waals surface area contributed by atoms with Crippen LogP contribution in [0.3, 0.4) is 0 Å². The largest absolute Gasteiger partial charge is 0.481 e. The van der Waals surface area contributed by atoms with Crippen molar-refractivity contribution < 1.29 is 14.3 Å². The standard InChI is InChI=1S/C10H13N3O3/c1-4-8(14)11-6-7-12-9(15-2)5-10(13-7)16-3/h4-5H,1,6H2,2-3H3,(H,11,14). The molecule has 0 saturated carbocycles. The summed E-state index contributed by atoms with van der Waals surface area (Å²) in [7, 11) is 2.99. The van der Waals surface area contributed by atoms with Gasteiger partial charge in [-0.3, -0.25) is 4.79 Å². The number of nitrogens with one attached hydrogen (secondary N) is 1. The van der Waals surface area contributed by atoms with E-state index < -0.39 is 0 Å². The Labute approximate surface area is 93.3 Å². The van der Waals surface area contributed by atoms with E-state index in [2.05, 4.69) is 21.9 Å². The summed E-state index contributed by atoms with van der Waals surface area (Å²) in [6.07, 6.45) is 1.18. The summed E-state index contributed by atoms with van der Waals surface area (Å²) in [5, 5.41) is 2.56. The average Bonchev–Trinajstić information content (AvgIpc) is 2.35. The molecule has 6 heteroatoms. The summed E-state index contributed by atoms with van der Waals surface area (Å²) in [6, 6.07) is 1.55. The van der Waals surface area contributed by atoms with Gasteiger partial charge in [0.25, 0.3) is 0 Å². The second-order valence-corrected chi connectivity index (χ2v) is 2.79. The van der Waals surface area contributed by atoms with Gasteiger partial charge in [-0.05, 0) is 6.08 Å². The first-order valence-corrected chi connectivity index (χ1v) is 4.55. The lowest BCUT2D eigenvalue weighted by Crippen LogP contribution is -2.21. The molecule has 0 aliphatic heterocycles. The lowest BCUT2D eigenvalue weighted by molar-refractivity contribution is -0.116. The molecule has 1 aromatic heterocycles. The molecule has 0 saturated heterocycles. The van der Waals surface area contributed by atoms with Crippen LogP contribution in [0.2, 0.25) is 0 Å². The first-order valence-electron chi connectivity index (χ1n) is 4.55. The predicted octanol–water partition coefficient (Wildman–Crippen LogP) is 0.296. The summed E-state index contributed by atoms with van der Waals surface area (Å²) in [4.78, 5) is 19.0. The second kappa shape index (κ2) is 5.69. The molecule has 6 nitrogen and oxygen atoms in total. The molecule has 0 atom stereocenters. The summed E-state index contributed by atoms with van der Waals surface area (Å²) in [6.45, 7) is 3.53. The molecule has 0 fully saturated rings. The minimum Gasteiger partial charge on any atom is -0.481 e. The van der Waals surface area contributed by atoms with Crippen LogP contribution in [-0.2, 0) is 11.3 Å². The van der Waals surface area contributed by atoms with Crippen molar-refractivity contribution in [3.8, 4) is 11.8 Å². The molecule has 0 radical (unpaired) electrons. The molecular formula is C10H13N3O3. The zero-order valence-electron chi connectivity index (χ0n) is 9.19. The van der Waals surface area contributed by atoms with Crippen molar-refractivity contribution >= 4 is 5.91 Å². The third-order valence-corrected chi connectivity index (χ3v) is 1.75. The molecule has 0 aliphatic carbocycles. The van der Waals surface area contributed by atoms with Crippen LogP contribution in [-0.4, -0.2) is 30.1 Å². The first-order chi connectivity index (χ1) is 7.69. The van der Waals surface area contributed by atoms with Crippen LogP contribution in [0.15, 0.2) is 18.7 Å². The van der Waals surface area contributed by atoms with E-state index in [0.717, 1.165) is 0 Å². The Bertz CT molecular complexity index is 371. The van der Waals surface area contributed by atoms with Crippen molar-refractivity contribution in [3.05, 3.63) is 24.5 Å². The highest BCUT2D eigenvalue weighted by Gasteiger charge is 2.05. The third-order valence-electron chi connectivity index (χ3n) is 1.75. The Balaban J connectivity index is 2.78. The quantitative estimate of drug-likeness (QED) is 0.726. The van der Waals surface area contributed by atoms with E-state index >= 15 is 0 Å². The SMILES string of the molecule is C=CC(=O)NCc1nc(OC)cc(OC)n1. The maximum atomic E-state index is 10.9. The number of amides is 1. The number of ether oxygens (including phenoxy) is 2. The summed E-state index contributed by atoms with van der Waals surface area (Å²) >= 11 is 0. The van der Waals surface area contributed by atoms with Crippen molar-refractivity contribution in [2.24, 2.45) is 0 Å². The molecule has 0 spiro atoms. The minimum atomic E-state index is -0.287. The van der Waals surface area contributed by atoms with Gasteiger partial charge < -0.3 is 14.8 Å². The fraction of sp³-hybridized carbons (Fsp3) is 0.300. The maximum absolute atomic E-state index is 10.9. The molecule has 86 valence electrons. The lowest BCUT2D eigenvalue weighted by atomic mass is 10.5. The van der Waals surface area contributed by atoms with E-state index in [9.17, 15) is 4.79 Å². The molecule has 1 aromatic rings. The van der Waals surface area contributed by atoms with E-state index in [0.29, 0.717) is 17.6 Å². The van der Waals surface area contributed by atoms with Gasteiger partial charge in [0.15, 0.2) is 5.82 Å². The number of hydrogen-bond donors (Lipinski definition) is 1. The molecule has 0 aliphatic rings. The highest BCUT2D eigenvalue weighted by molar-refractivity contribution is 5.86. The number of rotatable bonds is 5. The fourth-order valence-corrected chi connectivity index (χ4v) is 0.976. The van der Waals surface area contributed by atoms with Crippen LogP contribution in [0.25, 0.3) is 0 Å². The highest BCUT2D eigenvalue weighted by atomic mass is 16.5. The zero-order chi connectivity index (χ0) is 12.0. The molecule has 1 amide bonds. The number of nitrogens with zero attached hydrogens (tertiary/aromatic N) is 2. The van der Waals surface area contributed by atoms with Crippen LogP contribution in [0.1, 0.15) is 5.82 Å². The number of aromatic nitrogens is 2.